The molecule has 0 unspecified atom stereocenters. The number of hydrogen-bond donors (Lipinski definition) is 0. The largest absolute Gasteiger partial charge is 0.494 e. The van der Waals surface area contributed by atoms with Gasteiger partial charge >= 0.3 is 0 Å². The van der Waals surface area contributed by atoms with Crippen molar-refractivity contribution in [2.24, 2.45) is 0 Å². The Hall–Kier alpha value is -3.26. The van der Waals surface area contributed by atoms with Crippen LogP contribution in [0.5, 0.6) is 5.75 Å². The standard InChI is InChI=1S/C22H21FN4O2S/c1-2-29-17-9-7-16(8-10-17)15-20(28)27(14-13-26-12-4-11-24-26)22-25-21-18(23)5-3-6-19(21)30-22/h3-12H,2,13-15H2,1H3. The lowest BCUT2D eigenvalue weighted by atomic mass is 10.1. The maximum absolute atomic E-state index is 14.1. The van der Waals surface area contributed by atoms with E-state index in [9.17, 15) is 9.18 Å². The van der Waals surface area contributed by atoms with Crippen LogP contribution in [-0.2, 0) is 17.8 Å². The average molecular weight is 425 g/mol. The van der Waals surface area contributed by atoms with Crippen LogP contribution in [0.1, 0.15) is 12.5 Å². The third-order valence-electron chi connectivity index (χ3n) is 4.59. The van der Waals surface area contributed by atoms with Gasteiger partial charge in [-0.1, -0.05) is 29.5 Å². The minimum Gasteiger partial charge on any atom is -0.494 e. The average Bonchev–Trinajstić information content (AvgIpc) is 3.40. The zero-order valence-corrected chi connectivity index (χ0v) is 17.3. The molecule has 6 nitrogen and oxygen atoms in total. The van der Waals surface area contributed by atoms with Crippen molar-refractivity contribution in [3.63, 3.8) is 0 Å². The summed E-state index contributed by atoms with van der Waals surface area (Å²) in [6, 6.07) is 14.1. The molecule has 8 heteroatoms. The fraction of sp³-hybridized carbons (Fsp3) is 0.227. The first-order chi connectivity index (χ1) is 14.6. The van der Waals surface area contributed by atoms with E-state index < -0.39 is 0 Å². The molecule has 0 aliphatic carbocycles. The molecule has 0 fully saturated rings. The molecule has 0 radical (unpaired) electrons. The number of anilines is 1. The molecule has 0 aliphatic heterocycles. The second-order valence-corrected chi connectivity index (χ2v) is 7.66. The zero-order valence-electron chi connectivity index (χ0n) is 16.5. The lowest BCUT2D eigenvalue weighted by molar-refractivity contribution is -0.118. The molecule has 154 valence electrons. The number of carbonyl (C=O) groups is 1. The summed E-state index contributed by atoms with van der Waals surface area (Å²) in [6.45, 7) is 3.42. The molecule has 4 rings (SSSR count). The summed E-state index contributed by atoms with van der Waals surface area (Å²) in [5.41, 5.74) is 1.16. The Morgan fingerprint density at radius 1 is 1.20 bits per heavy atom. The van der Waals surface area contributed by atoms with Crippen molar-refractivity contribution in [2.75, 3.05) is 18.1 Å². The normalized spacial score (nSPS) is 11.0. The molecule has 0 saturated carbocycles. The number of nitrogens with zero attached hydrogens (tertiary/aromatic N) is 4. The third-order valence-corrected chi connectivity index (χ3v) is 5.64. The number of thiazole rings is 1. The maximum atomic E-state index is 14.1. The van der Waals surface area contributed by atoms with Crippen molar-refractivity contribution < 1.29 is 13.9 Å². The van der Waals surface area contributed by atoms with E-state index in [-0.39, 0.29) is 23.7 Å². The van der Waals surface area contributed by atoms with E-state index in [2.05, 4.69) is 10.1 Å². The van der Waals surface area contributed by atoms with Crippen LogP contribution in [0.2, 0.25) is 0 Å². The van der Waals surface area contributed by atoms with Crippen LogP contribution in [0, 0.1) is 5.82 Å². The van der Waals surface area contributed by atoms with Gasteiger partial charge in [-0.2, -0.15) is 5.10 Å². The van der Waals surface area contributed by atoms with Crippen LogP contribution in [0.15, 0.2) is 60.9 Å². The molecular formula is C22H21FN4O2S. The molecule has 2 aromatic carbocycles. The fourth-order valence-corrected chi connectivity index (χ4v) is 4.14. The number of amides is 1. The Morgan fingerprint density at radius 2 is 2.03 bits per heavy atom. The van der Waals surface area contributed by atoms with E-state index in [1.54, 1.807) is 21.8 Å². The molecule has 1 amide bonds. The molecule has 30 heavy (non-hydrogen) atoms. The van der Waals surface area contributed by atoms with Crippen molar-refractivity contribution in [1.29, 1.82) is 0 Å². The van der Waals surface area contributed by atoms with Gasteiger partial charge in [-0.25, -0.2) is 9.37 Å². The smallest absolute Gasteiger partial charge is 0.233 e. The van der Waals surface area contributed by atoms with E-state index in [0.717, 1.165) is 11.3 Å². The number of ether oxygens (including phenoxy) is 1. The second kappa shape index (κ2) is 9.04. The monoisotopic (exact) mass is 424 g/mol. The van der Waals surface area contributed by atoms with E-state index in [1.165, 1.54) is 17.4 Å². The Labute approximate surface area is 177 Å². The number of halogens is 1. The zero-order chi connectivity index (χ0) is 20.9. The molecule has 2 heterocycles. The van der Waals surface area contributed by atoms with Crippen molar-refractivity contribution in [3.05, 3.63) is 72.3 Å². The number of rotatable bonds is 8. The van der Waals surface area contributed by atoms with Crippen molar-refractivity contribution >= 4 is 32.6 Å². The highest BCUT2D eigenvalue weighted by Gasteiger charge is 2.21. The van der Waals surface area contributed by atoms with Gasteiger partial charge in [0.25, 0.3) is 0 Å². The maximum Gasteiger partial charge on any atom is 0.233 e. The second-order valence-electron chi connectivity index (χ2n) is 6.65. The highest BCUT2D eigenvalue weighted by molar-refractivity contribution is 7.22. The lowest BCUT2D eigenvalue weighted by Crippen LogP contribution is -2.35. The third kappa shape index (κ3) is 4.49. The number of aromatic nitrogens is 3. The molecule has 4 aromatic rings. The topological polar surface area (TPSA) is 60.2 Å². The predicted molar refractivity (Wildman–Crippen MR) is 115 cm³/mol. The summed E-state index contributed by atoms with van der Waals surface area (Å²) in [7, 11) is 0. The fourth-order valence-electron chi connectivity index (χ4n) is 3.12. The van der Waals surface area contributed by atoms with Crippen LogP contribution in [0.25, 0.3) is 10.2 Å². The van der Waals surface area contributed by atoms with Gasteiger partial charge in [-0.05, 0) is 42.8 Å². The van der Waals surface area contributed by atoms with E-state index in [1.807, 2.05) is 49.5 Å². The van der Waals surface area contributed by atoms with Gasteiger partial charge < -0.3 is 4.74 Å². The van der Waals surface area contributed by atoms with Crippen LogP contribution in [-0.4, -0.2) is 33.8 Å². The first kappa shape index (κ1) is 20.0. The van der Waals surface area contributed by atoms with Crippen LogP contribution in [0.4, 0.5) is 9.52 Å². The predicted octanol–water partition coefficient (Wildman–Crippen LogP) is 4.31. The van der Waals surface area contributed by atoms with Gasteiger partial charge in [0.15, 0.2) is 5.13 Å². The van der Waals surface area contributed by atoms with E-state index >= 15 is 0 Å². The van der Waals surface area contributed by atoms with Crippen LogP contribution >= 0.6 is 11.3 Å². The Bertz CT molecular complexity index is 1130. The van der Waals surface area contributed by atoms with Gasteiger partial charge in [-0.15, -0.1) is 0 Å². The summed E-state index contributed by atoms with van der Waals surface area (Å²) in [5, 5.41) is 4.68. The molecule has 2 aromatic heterocycles. The molecule has 0 aliphatic rings. The Morgan fingerprint density at radius 3 is 2.73 bits per heavy atom. The molecule has 0 saturated heterocycles. The van der Waals surface area contributed by atoms with Gasteiger partial charge in [0.05, 0.1) is 24.3 Å². The van der Waals surface area contributed by atoms with Crippen molar-refractivity contribution in [2.45, 2.75) is 19.9 Å². The molecule has 0 atom stereocenters. The summed E-state index contributed by atoms with van der Waals surface area (Å²) in [4.78, 5) is 19.2. The quantitative estimate of drug-likeness (QED) is 0.423. The SMILES string of the molecule is CCOc1ccc(CC(=O)N(CCn2cccn2)c2nc3c(F)cccc3s2)cc1. The molecular weight excluding hydrogens is 403 g/mol. The number of fused-ring (bicyclic) bond motifs is 1. The first-order valence-corrected chi connectivity index (χ1v) is 10.5. The van der Waals surface area contributed by atoms with Crippen LogP contribution in [0.3, 0.4) is 0 Å². The van der Waals surface area contributed by atoms with Crippen molar-refractivity contribution in [1.82, 2.24) is 14.8 Å². The number of benzene rings is 2. The van der Waals surface area contributed by atoms with Gasteiger partial charge in [0.1, 0.15) is 17.1 Å². The van der Waals surface area contributed by atoms with Gasteiger partial charge in [-0.3, -0.25) is 14.4 Å². The highest BCUT2D eigenvalue weighted by Crippen LogP contribution is 2.30. The molecule has 0 bridgehead atoms. The molecule has 0 spiro atoms. The number of hydrogen-bond acceptors (Lipinski definition) is 5. The van der Waals surface area contributed by atoms with Gasteiger partial charge in [0, 0.05) is 18.9 Å². The van der Waals surface area contributed by atoms with E-state index in [0.29, 0.717) is 29.5 Å². The molecule has 0 N–H and O–H groups in total. The minimum absolute atomic E-state index is 0.106. The summed E-state index contributed by atoms with van der Waals surface area (Å²) in [6.07, 6.45) is 3.75. The van der Waals surface area contributed by atoms with Crippen LogP contribution < -0.4 is 9.64 Å². The summed E-state index contributed by atoms with van der Waals surface area (Å²) >= 11 is 1.31. The first-order valence-electron chi connectivity index (χ1n) is 9.68. The Kier molecular flexibility index (Phi) is 6.04. The van der Waals surface area contributed by atoms with Crippen molar-refractivity contribution in [3.8, 4) is 5.75 Å². The lowest BCUT2D eigenvalue weighted by Gasteiger charge is -2.20. The highest BCUT2D eigenvalue weighted by atomic mass is 32.1. The Balaban J connectivity index is 1.58. The van der Waals surface area contributed by atoms with Gasteiger partial charge in [0.2, 0.25) is 5.91 Å². The summed E-state index contributed by atoms with van der Waals surface area (Å²) < 4.78 is 22.1. The number of carbonyl (C=O) groups excluding carboxylic acids is 1. The van der Waals surface area contributed by atoms with E-state index in [4.69, 9.17) is 4.74 Å². The number of para-hydroxylation sites is 1. The summed E-state index contributed by atoms with van der Waals surface area (Å²) in [5.74, 6) is 0.276. The minimum atomic E-state index is -0.388.